The first-order valence-electron chi connectivity index (χ1n) is 3.65. The molecular formula is C9H10ClFO. The lowest BCUT2D eigenvalue weighted by Crippen LogP contribution is -2.02. The fourth-order valence-electron chi connectivity index (χ4n) is 1.00. The van der Waals surface area contributed by atoms with Gasteiger partial charge in [-0.05, 0) is 13.0 Å². The Bertz CT molecular complexity index is 275. The third-order valence-corrected chi connectivity index (χ3v) is 1.95. The van der Waals surface area contributed by atoms with E-state index in [4.69, 9.17) is 11.6 Å². The smallest absolute Gasteiger partial charge is 0.129 e. The van der Waals surface area contributed by atoms with Crippen LogP contribution in [0.1, 0.15) is 17.2 Å². The van der Waals surface area contributed by atoms with Crippen LogP contribution in [-0.2, 0) is 0 Å². The van der Waals surface area contributed by atoms with Crippen molar-refractivity contribution in [3.8, 4) is 0 Å². The molecule has 3 heteroatoms. The number of aryl methyl sites for hydroxylation is 1. The van der Waals surface area contributed by atoms with Crippen molar-refractivity contribution in [2.45, 2.75) is 13.0 Å². The zero-order valence-corrected chi connectivity index (χ0v) is 7.48. The SMILES string of the molecule is Cc1ccc(F)c([C@H](O)CCl)c1. The van der Waals surface area contributed by atoms with E-state index in [1.807, 2.05) is 6.92 Å². The fraction of sp³-hybridized carbons (Fsp3) is 0.333. The van der Waals surface area contributed by atoms with Crippen LogP contribution in [0.5, 0.6) is 0 Å². The molecule has 0 amide bonds. The Balaban J connectivity index is 3.04. The van der Waals surface area contributed by atoms with Crippen molar-refractivity contribution in [3.05, 3.63) is 35.1 Å². The highest BCUT2D eigenvalue weighted by Gasteiger charge is 2.10. The molecule has 1 rings (SSSR count). The van der Waals surface area contributed by atoms with Crippen LogP contribution in [0, 0.1) is 12.7 Å². The van der Waals surface area contributed by atoms with Gasteiger partial charge in [-0.15, -0.1) is 11.6 Å². The lowest BCUT2D eigenvalue weighted by molar-refractivity contribution is 0.197. The molecule has 0 aliphatic carbocycles. The molecule has 0 radical (unpaired) electrons. The van der Waals surface area contributed by atoms with Crippen molar-refractivity contribution in [2.24, 2.45) is 0 Å². The minimum absolute atomic E-state index is 0.0143. The monoisotopic (exact) mass is 188 g/mol. The van der Waals surface area contributed by atoms with Crippen molar-refractivity contribution in [1.82, 2.24) is 0 Å². The highest BCUT2D eigenvalue weighted by atomic mass is 35.5. The Kier molecular flexibility index (Phi) is 3.06. The number of aliphatic hydroxyl groups is 1. The van der Waals surface area contributed by atoms with Crippen LogP contribution in [-0.4, -0.2) is 11.0 Å². The van der Waals surface area contributed by atoms with Gasteiger partial charge in [0.15, 0.2) is 0 Å². The summed E-state index contributed by atoms with van der Waals surface area (Å²) in [5, 5.41) is 9.26. The molecule has 0 aromatic heterocycles. The van der Waals surface area contributed by atoms with E-state index in [9.17, 15) is 9.50 Å². The number of hydrogen-bond acceptors (Lipinski definition) is 1. The third-order valence-electron chi connectivity index (χ3n) is 1.66. The molecule has 0 spiro atoms. The highest BCUT2D eigenvalue weighted by Crippen LogP contribution is 2.19. The number of hydrogen-bond donors (Lipinski definition) is 1. The lowest BCUT2D eigenvalue weighted by atomic mass is 10.1. The van der Waals surface area contributed by atoms with Crippen LogP contribution in [0.25, 0.3) is 0 Å². The minimum Gasteiger partial charge on any atom is -0.387 e. The Labute approximate surface area is 75.8 Å². The molecule has 1 aromatic carbocycles. The lowest BCUT2D eigenvalue weighted by Gasteiger charge is -2.08. The molecule has 0 aliphatic rings. The van der Waals surface area contributed by atoms with Crippen LogP contribution in [0.4, 0.5) is 4.39 Å². The topological polar surface area (TPSA) is 20.2 Å². The van der Waals surface area contributed by atoms with Crippen LogP contribution < -0.4 is 0 Å². The van der Waals surface area contributed by atoms with E-state index in [0.717, 1.165) is 5.56 Å². The standard InChI is InChI=1S/C9H10ClFO/c1-6-2-3-8(11)7(4-6)9(12)5-10/h2-4,9,12H,5H2,1H3/t9-/m1/s1. The van der Waals surface area contributed by atoms with Crippen LogP contribution in [0.15, 0.2) is 18.2 Å². The van der Waals surface area contributed by atoms with Crippen LogP contribution >= 0.6 is 11.6 Å². The van der Waals surface area contributed by atoms with Gasteiger partial charge >= 0.3 is 0 Å². The molecule has 12 heavy (non-hydrogen) atoms. The zero-order valence-electron chi connectivity index (χ0n) is 6.72. The average Bonchev–Trinajstić information content (AvgIpc) is 2.08. The maximum atomic E-state index is 13.0. The van der Waals surface area contributed by atoms with E-state index in [2.05, 4.69) is 0 Å². The normalized spacial score (nSPS) is 13.0. The van der Waals surface area contributed by atoms with E-state index in [0.29, 0.717) is 0 Å². The zero-order chi connectivity index (χ0) is 9.14. The second-order valence-electron chi connectivity index (χ2n) is 2.70. The maximum absolute atomic E-state index is 13.0. The van der Waals surface area contributed by atoms with Gasteiger partial charge in [0.2, 0.25) is 0 Å². The molecule has 1 aromatic rings. The largest absolute Gasteiger partial charge is 0.387 e. The van der Waals surface area contributed by atoms with E-state index in [-0.39, 0.29) is 11.4 Å². The van der Waals surface area contributed by atoms with E-state index in [1.165, 1.54) is 6.07 Å². The molecule has 0 fully saturated rings. The Morgan fingerprint density at radius 1 is 1.58 bits per heavy atom. The molecule has 1 N–H and O–H groups in total. The van der Waals surface area contributed by atoms with Gasteiger partial charge in [-0.3, -0.25) is 0 Å². The molecule has 0 bridgehead atoms. The number of aliphatic hydroxyl groups excluding tert-OH is 1. The van der Waals surface area contributed by atoms with Gasteiger partial charge < -0.3 is 5.11 Å². The highest BCUT2D eigenvalue weighted by molar-refractivity contribution is 6.18. The first-order valence-corrected chi connectivity index (χ1v) is 4.18. The Morgan fingerprint density at radius 3 is 2.83 bits per heavy atom. The number of alkyl halides is 1. The second kappa shape index (κ2) is 3.87. The van der Waals surface area contributed by atoms with Gasteiger partial charge in [0.1, 0.15) is 5.82 Å². The molecule has 0 heterocycles. The van der Waals surface area contributed by atoms with Gasteiger partial charge in [-0.1, -0.05) is 17.7 Å². The summed E-state index contributed by atoms with van der Waals surface area (Å²) in [7, 11) is 0. The van der Waals surface area contributed by atoms with Crippen molar-refractivity contribution in [1.29, 1.82) is 0 Å². The van der Waals surface area contributed by atoms with E-state index >= 15 is 0 Å². The predicted molar refractivity (Wildman–Crippen MR) is 46.8 cm³/mol. The summed E-state index contributed by atoms with van der Waals surface area (Å²) in [6.07, 6.45) is -0.911. The molecule has 0 unspecified atom stereocenters. The molecule has 66 valence electrons. The van der Waals surface area contributed by atoms with E-state index in [1.54, 1.807) is 12.1 Å². The van der Waals surface area contributed by atoms with Gasteiger partial charge in [0, 0.05) is 5.56 Å². The second-order valence-corrected chi connectivity index (χ2v) is 3.00. The van der Waals surface area contributed by atoms with Crippen molar-refractivity contribution < 1.29 is 9.50 Å². The summed E-state index contributed by atoms with van der Waals surface area (Å²) in [6, 6.07) is 4.59. The predicted octanol–water partition coefficient (Wildman–Crippen LogP) is 2.41. The molecule has 0 aliphatic heterocycles. The first kappa shape index (κ1) is 9.49. The molecule has 0 saturated carbocycles. The van der Waals surface area contributed by atoms with Crippen molar-refractivity contribution in [3.63, 3.8) is 0 Å². The summed E-state index contributed by atoms with van der Waals surface area (Å²) in [5.41, 5.74) is 1.18. The third kappa shape index (κ3) is 1.96. The van der Waals surface area contributed by atoms with Crippen molar-refractivity contribution in [2.75, 3.05) is 5.88 Å². The van der Waals surface area contributed by atoms with Crippen molar-refractivity contribution >= 4 is 11.6 Å². The summed E-state index contributed by atoms with van der Waals surface area (Å²) in [4.78, 5) is 0. The Hall–Kier alpha value is -0.600. The van der Waals surface area contributed by atoms with Gasteiger partial charge in [-0.25, -0.2) is 4.39 Å². The first-order chi connectivity index (χ1) is 5.65. The fourth-order valence-corrected chi connectivity index (χ4v) is 1.17. The summed E-state index contributed by atoms with van der Waals surface area (Å²) >= 11 is 5.39. The maximum Gasteiger partial charge on any atom is 0.129 e. The summed E-state index contributed by atoms with van der Waals surface area (Å²) < 4.78 is 13.0. The minimum atomic E-state index is -0.911. The number of halogens is 2. The molecule has 0 saturated heterocycles. The van der Waals surface area contributed by atoms with E-state index < -0.39 is 11.9 Å². The van der Waals surface area contributed by atoms with Gasteiger partial charge in [0.05, 0.1) is 12.0 Å². The average molecular weight is 189 g/mol. The van der Waals surface area contributed by atoms with Crippen LogP contribution in [0.2, 0.25) is 0 Å². The number of benzene rings is 1. The quantitative estimate of drug-likeness (QED) is 0.707. The molecule has 1 atom stereocenters. The van der Waals surface area contributed by atoms with Gasteiger partial charge in [0.25, 0.3) is 0 Å². The summed E-state index contributed by atoms with van der Waals surface area (Å²) in [6.45, 7) is 1.84. The Morgan fingerprint density at radius 2 is 2.25 bits per heavy atom. The van der Waals surface area contributed by atoms with Gasteiger partial charge in [-0.2, -0.15) is 0 Å². The molecule has 1 nitrogen and oxygen atoms in total. The number of rotatable bonds is 2. The van der Waals surface area contributed by atoms with Crippen LogP contribution in [0.3, 0.4) is 0 Å². The summed E-state index contributed by atoms with van der Waals surface area (Å²) in [5.74, 6) is -0.394. The molecular weight excluding hydrogens is 179 g/mol.